The minimum atomic E-state index is -0.925. The maximum Gasteiger partial charge on any atom is 0.252 e. The van der Waals surface area contributed by atoms with Crippen molar-refractivity contribution < 1.29 is 15.0 Å². The highest BCUT2D eigenvalue weighted by atomic mass is 35.5. The number of nitrogens with one attached hydrogen (secondary N) is 1. The summed E-state index contributed by atoms with van der Waals surface area (Å²) in [4.78, 5) is 12.9. The number of aliphatic hydroxyl groups is 2. The largest absolute Gasteiger partial charge is 0.390 e. The van der Waals surface area contributed by atoms with Crippen molar-refractivity contribution in [1.82, 2.24) is 5.32 Å². The smallest absolute Gasteiger partial charge is 0.252 e. The molecule has 3 atom stereocenters. The molecule has 1 amide bonds. The van der Waals surface area contributed by atoms with E-state index in [1.54, 1.807) is 0 Å². The van der Waals surface area contributed by atoms with Gasteiger partial charge in [0.25, 0.3) is 5.91 Å². The first kappa shape index (κ1) is 18.9. The molecule has 0 saturated heterocycles. The quantitative estimate of drug-likeness (QED) is 0.625. The summed E-state index contributed by atoms with van der Waals surface area (Å²) in [5.74, 6) is -0.242. The average molecular weight is 396 g/mol. The lowest BCUT2D eigenvalue weighted by Gasteiger charge is -2.19. The molecule has 0 bridgehead atoms. The summed E-state index contributed by atoms with van der Waals surface area (Å²) in [6.07, 6.45) is -0.653. The van der Waals surface area contributed by atoms with Gasteiger partial charge >= 0.3 is 0 Å². The van der Waals surface area contributed by atoms with E-state index in [1.807, 2.05) is 61.5 Å². The highest BCUT2D eigenvalue weighted by molar-refractivity contribution is 6.31. The fourth-order valence-corrected chi connectivity index (χ4v) is 4.04. The lowest BCUT2D eigenvalue weighted by Crippen LogP contribution is -2.43. The van der Waals surface area contributed by atoms with Crippen LogP contribution < -0.4 is 5.32 Å². The van der Waals surface area contributed by atoms with E-state index >= 15 is 0 Å². The number of hydrogen-bond donors (Lipinski definition) is 3. The fourth-order valence-electron chi connectivity index (χ4n) is 3.92. The predicted molar refractivity (Wildman–Crippen MR) is 112 cm³/mol. The van der Waals surface area contributed by atoms with Crippen LogP contribution in [0.15, 0.2) is 54.6 Å². The topological polar surface area (TPSA) is 69.6 Å². The van der Waals surface area contributed by atoms with Crippen LogP contribution in [0.3, 0.4) is 0 Å². The summed E-state index contributed by atoms with van der Waals surface area (Å²) in [6.45, 7) is 1.97. The molecule has 4 nitrogen and oxygen atoms in total. The molecule has 3 N–H and O–H groups in total. The second-order valence-electron chi connectivity index (χ2n) is 7.39. The minimum absolute atomic E-state index is 0.242. The van der Waals surface area contributed by atoms with Crippen molar-refractivity contribution >= 4 is 28.3 Å². The molecule has 0 aromatic heterocycles. The number of carbonyl (C=O) groups excluding carboxylic acids is 1. The molecule has 3 aromatic carbocycles. The molecule has 28 heavy (non-hydrogen) atoms. The minimum Gasteiger partial charge on any atom is -0.390 e. The zero-order valence-corrected chi connectivity index (χ0v) is 16.3. The average Bonchev–Trinajstić information content (AvgIpc) is 3.01. The Hall–Kier alpha value is -2.40. The van der Waals surface area contributed by atoms with Crippen LogP contribution in [0.5, 0.6) is 0 Å². The van der Waals surface area contributed by atoms with Gasteiger partial charge in [-0.3, -0.25) is 4.79 Å². The molecule has 0 unspecified atom stereocenters. The van der Waals surface area contributed by atoms with Crippen LogP contribution in [0.4, 0.5) is 0 Å². The Morgan fingerprint density at radius 2 is 1.79 bits per heavy atom. The highest BCUT2D eigenvalue weighted by Gasteiger charge is 2.34. The van der Waals surface area contributed by atoms with Crippen molar-refractivity contribution in [2.75, 3.05) is 0 Å². The SMILES string of the molecule is Cc1cc(-c2ccc(C(=O)N[C@@H]3CC[C@@H](O)[C@@H]3O)c3ccccc23)ccc1Cl. The third-order valence-corrected chi connectivity index (χ3v) is 5.96. The third kappa shape index (κ3) is 3.39. The van der Waals surface area contributed by atoms with Crippen molar-refractivity contribution in [2.24, 2.45) is 0 Å². The van der Waals surface area contributed by atoms with Crippen molar-refractivity contribution in [3.05, 3.63) is 70.7 Å². The van der Waals surface area contributed by atoms with E-state index in [-0.39, 0.29) is 5.91 Å². The van der Waals surface area contributed by atoms with Gasteiger partial charge in [0.05, 0.1) is 12.1 Å². The first-order chi connectivity index (χ1) is 13.5. The fraction of sp³-hybridized carbons (Fsp3) is 0.261. The number of fused-ring (bicyclic) bond motifs is 1. The van der Waals surface area contributed by atoms with Gasteiger partial charge in [-0.05, 0) is 65.4 Å². The third-order valence-electron chi connectivity index (χ3n) is 5.53. The van der Waals surface area contributed by atoms with Crippen molar-refractivity contribution in [2.45, 2.75) is 38.0 Å². The Labute approximate surface area is 168 Å². The molecule has 0 spiro atoms. The summed E-state index contributed by atoms with van der Waals surface area (Å²) in [6, 6.07) is 17.0. The molecule has 144 valence electrons. The van der Waals surface area contributed by atoms with Gasteiger partial charge in [-0.15, -0.1) is 0 Å². The molecule has 0 heterocycles. The lowest BCUT2D eigenvalue weighted by atomic mass is 9.94. The molecule has 4 rings (SSSR count). The molecule has 1 aliphatic rings. The van der Waals surface area contributed by atoms with E-state index in [9.17, 15) is 15.0 Å². The van der Waals surface area contributed by atoms with Crippen molar-refractivity contribution in [3.8, 4) is 11.1 Å². The summed E-state index contributed by atoms with van der Waals surface area (Å²) in [5.41, 5.74) is 3.63. The van der Waals surface area contributed by atoms with Gasteiger partial charge in [0.15, 0.2) is 0 Å². The van der Waals surface area contributed by atoms with Gasteiger partial charge in [0.1, 0.15) is 6.10 Å². The summed E-state index contributed by atoms with van der Waals surface area (Å²) >= 11 is 6.16. The molecule has 1 fully saturated rings. The second-order valence-corrected chi connectivity index (χ2v) is 7.79. The van der Waals surface area contributed by atoms with E-state index in [0.29, 0.717) is 18.4 Å². The highest BCUT2D eigenvalue weighted by Crippen LogP contribution is 2.33. The van der Waals surface area contributed by atoms with Gasteiger partial charge in [0, 0.05) is 10.6 Å². The summed E-state index contributed by atoms with van der Waals surface area (Å²) < 4.78 is 0. The second kappa shape index (κ2) is 7.55. The van der Waals surface area contributed by atoms with E-state index in [4.69, 9.17) is 11.6 Å². The number of aliphatic hydroxyl groups excluding tert-OH is 2. The first-order valence-electron chi connectivity index (χ1n) is 9.41. The number of aryl methyl sites for hydroxylation is 1. The number of hydrogen-bond acceptors (Lipinski definition) is 3. The van der Waals surface area contributed by atoms with E-state index < -0.39 is 18.2 Å². The normalized spacial score (nSPS) is 21.8. The molecule has 3 aromatic rings. The maximum atomic E-state index is 12.9. The monoisotopic (exact) mass is 395 g/mol. The number of halogens is 1. The predicted octanol–water partition coefficient (Wildman–Crippen LogP) is 4.08. The van der Waals surface area contributed by atoms with Crippen LogP contribution in [-0.4, -0.2) is 34.4 Å². The van der Waals surface area contributed by atoms with Gasteiger partial charge in [0.2, 0.25) is 0 Å². The Kier molecular flexibility index (Phi) is 5.11. The Balaban J connectivity index is 1.73. The first-order valence-corrected chi connectivity index (χ1v) is 9.79. The molecule has 5 heteroatoms. The van der Waals surface area contributed by atoms with Gasteiger partial charge < -0.3 is 15.5 Å². The molecule has 0 aliphatic heterocycles. The van der Waals surface area contributed by atoms with E-state index in [0.717, 1.165) is 32.5 Å². The van der Waals surface area contributed by atoms with Crippen LogP contribution >= 0.6 is 11.6 Å². The lowest BCUT2D eigenvalue weighted by molar-refractivity contribution is 0.0297. The van der Waals surface area contributed by atoms with Crippen LogP contribution in [-0.2, 0) is 0 Å². The van der Waals surface area contributed by atoms with E-state index in [1.165, 1.54) is 0 Å². The molecule has 1 aliphatic carbocycles. The zero-order valence-electron chi connectivity index (χ0n) is 15.5. The van der Waals surface area contributed by atoms with Gasteiger partial charge in [-0.25, -0.2) is 0 Å². The maximum absolute atomic E-state index is 12.9. The van der Waals surface area contributed by atoms with Crippen molar-refractivity contribution in [1.29, 1.82) is 0 Å². The van der Waals surface area contributed by atoms with Crippen LogP contribution in [0.2, 0.25) is 5.02 Å². The number of amides is 1. The molecular weight excluding hydrogens is 374 g/mol. The number of carbonyl (C=O) groups is 1. The number of benzene rings is 3. The zero-order chi connectivity index (χ0) is 19.8. The van der Waals surface area contributed by atoms with Crippen LogP contribution in [0.25, 0.3) is 21.9 Å². The standard InChI is InChI=1S/C23H22ClNO3/c1-13-12-14(6-9-19(13)24)15-7-8-18(17-5-3-2-4-16(15)17)23(28)25-20-10-11-21(26)22(20)27/h2-9,12,20-22,26-27H,10-11H2,1H3,(H,25,28)/t20-,21-,22-/m1/s1. The molecule has 0 radical (unpaired) electrons. The van der Waals surface area contributed by atoms with Gasteiger partial charge in [-0.2, -0.15) is 0 Å². The van der Waals surface area contributed by atoms with Crippen LogP contribution in [0.1, 0.15) is 28.8 Å². The van der Waals surface area contributed by atoms with Gasteiger partial charge in [-0.1, -0.05) is 48.0 Å². The molecular formula is C23H22ClNO3. The van der Waals surface area contributed by atoms with Crippen molar-refractivity contribution in [3.63, 3.8) is 0 Å². The Bertz CT molecular complexity index is 1050. The summed E-state index contributed by atoms with van der Waals surface area (Å²) in [5, 5.41) is 25.2. The van der Waals surface area contributed by atoms with Crippen LogP contribution in [0, 0.1) is 6.92 Å². The molecule has 1 saturated carbocycles. The number of rotatable bonds is 3. The Morgan fingerprint density at radius 1 is 1.04 bits per heavy atom. The summed E-state index contributed by atoms with van der Waals surface area (Å²) in [7, 11) is 0. The Morgan fingerprint density at radius 3 is 2.46 bits per heavy atom. The van der Waals surface area contributed by atoms with E-state index in [2.05, 4.69) is 5.32 Å².